The number of hydrogen-bond donors (Lipinski definition) is 3. The molecule has 3 N–H and O–H groups in total. The summed E-state index contributed by atoms with van der Waals surface area (Å²) in [6.45, 7) is 0. The number of ether oxygens (including phenoxy) is 2. The molecule has 0 aliphatic heterocycles. The van der Waals surface area contributed by atoms with Crippen molar-refractivity contribution in [3.05, 3.63) is 40.6 Å². The van der Waals surface area contributed by atoms with Crippen molar-refractivity contribution in [2.75, 3.05) is 14.2 Å². The molecule has 7 heteroatoms. The smallest absolute Gasteiger partial charge is 0.239 e. The first-order valence-electron chi connectivity index (χ1n) is 6.92. The number of aromatic hydroxyl groups is 3. The minimum Gasteiger partial charge on any atom is -0.504 e. The number of rotatable bonds is 3. The van der Waals surface area contributed by atoms with Crippen molar-refractivity contribution in [1.29, 1.82) is 0 Å². The van der Waals surface area contributed by atoms with E-state index in [0.29, 0.717) is 5.56 Å². The van der Waals surface area contributed by atoms with Gasteiger partial charge < -0.3 is 29.2 Å². The highest BCUT2D eigenvalue weighted by molar-refractivity contribution is 5.96. The SMILES string of the molecule is COc1c(O)c(O)c2c(=O)c(OC)c(-c3ccccc3)oc2c1O. The fraction of sp³-hybridized carbons (Fsp3) is 0.118. The van der Waals surface area contributed by atoms with E-state index in [4.69, 9.17) is 13.9 Å². The third-order valence-electron chi connectivity index (χ3n) is 3.62. The molecule has 2 aromatic carbocycles. The highest BCUT2D eigenvalue weighted by Crippen LogP contribution is 2.49. The predicted octanol–water partition coefficient (Wildman–Crippen LogP) is 2.59. The Kier molecular flexibility index (Phi) is 3.69. The van der Waals surface area contributed by atoms with Gasteiger partial charge in [0.25, 0.3) is 0 Å². The van der Waals surface area contributed by atoms with E-state index in [1.165, 1.54) is 14.2 Å². The van der Waals surface area contributed by atoms with E-state index in [1.54, 1.807) is 30.3 Å². The fourth-order valence-electron chi connectivity index (χ4n) is 2.50. The summed E-state index contributed by atoms with van der Waals surface area (Å²) in [6.07, 6.45) is 0. The van der Waals surface area contributed by atoms with Crippen LogP contribution in [0.25, 0.3) is 22.3 Å². The van der Waals surface area contributed by atoms with Gasteiger partial charge in [-0.2, -0.15) is 0 Å². The average molecular weight is 330 g/mol. The van der Waals surface area contributed by atoms with Gasteiger partial charge in [-0.3, -0.25) is 4.79 Å². The van der Waals surface area contributed by atoms with E-state index in [2.05, 4.69) is 0 Å². The minimum atomic E-state index is -0.760. The van der Waals surface area contributed by atoms with Crippen LogP contribution in [0.4, 0.5) is 0 Å². The number of hydrogen-bond acceptors (Lipinski definition) is 7. The molecule has 3 aromatic rings. The minimum absolute atomic E-state index is 0.0815. The molecule has 0 saturated carbocycles. The first-order valence-corrected chi connectivity index (χ1v) is 6.92. The molecule has 124 valence electrons. The van der Waals surface area contributed by atoms with Crippen LogP contribution >= 0.6 is 0 Å². The zero-order chi connectivity index (χ0) is 17.4. The van der Waals surface area contributed by atoms with Gasteiger partial charge in [0.05, 0.1) is 14.2 Å². The molecule has 7 nitrogen and oxygen atoms in total. The Morgan fingerprint density at radius 1 is 0.875 bits per heavy atom. The molecule has 0 saturated heterocycles. The van der Waals surface area contributed by atoms with Crippen LogP contribution in [0.1, 0.15) is 0 Å². The molecule has 0 radical (unpaired) electrons. The van der Waals surface area contributed by atoms with Crippen LogP contribution in [-0.4, -0.2) is 29.5 Å². The van der Waals surface area contributed by atoms with Gasteiger partial charge >= 0.3 is 0 Å². The van der Waals surface area contributed by atoms with Crippen molar-refractivity contribution >= 4 is 11.0 Å². The van der Waals surface area contributed by atoms with Crippen molar-refractivity contribution in [3.63, 3.8) is 0 Å². The van der Waals surface area contributed by atoms with Gasteiger partial charge in [-0.15, -0.1) is 0 Å². The van der Waals surface area contributed by atoms with E-state index >= 15 is 0 Å². The summed E-state index contributed by atoms with van der Waals surface area (Å²) in [4.78, 5) is 12.7. The molecule has 0 atom stereocenters. The summed E-state index contributed by atoms with van der Waals surface area (Å²) < 4.78 is 15.6. The molecule has 0 bridgehead atoms. The van der Waals surface area contributed by atoms with Gasteiger partial charge in [0.1, 0.15) is 5.39 Å². The summed E-state index contributed by atoms with van der Waals surface area (Å²) in [7, 11) is 2.48. The molecule has 0 amide bonds. The van der Waals surface area contributed by atoms with Crippen LogP contribution in [0.2, 0.25) is 0 Å². The zero-order valence-corrected chi connectivity index (χ0v) is 12.9. The fourth-order valence-corrected chi connectivity index (χ4v) is 2.50. The van der Waals surface area contributed by atoms with Crippen molar-refractivity contribution < 1.29 is 29.2 Å². The number of phenols is 3. The molecule has 3 rings (SSSR count). The van der Waals surface area contributed by atoms with Crippen LogP contribution in [0.5, 0.6) is 28.7 Å². The van der Waals surface area contributed by atoms with Crippen LogP contribution < -0.4 is 14.9 Å². The molecule has 1 heterocycles. The van der Waals surface area contributed by atoms with Gasteiger partial charge in [0.2, 0.25) is 28.4 Å². The summed E-state index contributed by atoms with van der Waals surface area (Å²) >= 11 is 0. The highest BCUT2D eigenvalue weighted by atomic mass is 16.5. The molecule has 24 heavy (non-hydrogen) atoms. The molecule has 0 aliphatic rings. The molecular weight excluding hydrogens is 316 g/mol. The molecule has 1 aromatic heterocycles. The third kappa shape index (κ3) is 2.10. The maximum atomic E-state index is 12.7. The van der Waals surface area contributed by atoms with Crippen molar-refractivity contribution in [3.8, 4) is 40.1 Å². The van der Waals surface area contributed by atoms with E-state index in [0.717, 1.165) is 0 Å². The first-order chi connectivity index (χ1) is 11.5. The van der Waals surface area contributed by atoms with Crippen LogP contribution in [0.3, 0.4) is 0 Å². The Labute approximate surface area is 135 Å². The molecule has 0 aliphatic carbocycles. The Hall–Kier alpha value is -3.35. The highest BCUT2D eigenvalue weighted by Gasteiger charge is 2.27. The van der Waals surface area contributed by atoms with Crippen molar-refractivity contribution in [2.45, 2.75) is 0 Å². The monoisotopic (exact) mass is 330 g/mol. The predicted molar refractivity (Wildman–Crippen MR) is 86.0 cm³/mol. The number of fused-ring (bicyclic) bond motifs is 1. The Morgan fingerprint density at radius 3 is 2.08 bits per heavy atom. The van der Waals surface area contributed by atoms with Gasteiger partial charge in [0, 0.05) is 5.56 Å². The lowest BCUT2D eigenvalue weighted by molar-refractivity contribution is 0.329. The van der Waals surface area contributed by atoms with Crippen LogP contribution in [0, 0.1) is 0 Å². The number of benzene rings is 2. The molecule has 0 spiro atoms. The quantitative estimate of drug-likeness (QED) is 0.500. The summed E-state index contributed by atoms with van der Waals surface area (Å²) in [6, 6.07) is 8.67. The summed E-state index contributed by atoms with van der Waals surface area (Å²) in [5.41, 5.74) is -0.505. The zero-order valence-electron chi connectivity index (χ0n) is 12.9. The topological polar surface area (TPSA) is 109 Å². The largest absolute Gasteiger partial charge is 0.504 e. The standard InChI is InChI=1S/C17H14O7/c1-22-16-12(20)10(18)9-11(19)17(23-2)14(24-15(9)13(16)21)8-6-4-3-5-7-8/h3-7,18,20-21H,1-2H3. The van der Waals surface area contributed by atoms with Gasteiger partial charge in [-0.05, 0) is 0 Å². The van der Waals surface area contributed by atoms with E-state index in [-0.39, 0.29) is 17.1 Å². The third-order valence-corrected chi connectivity index (χ3v) is 3.62. The Morgan fingerprint density at radius 2 is 1.50 bits per heavy atom. The lowest BCUT2D eigenvalue weighted by Crippen LogP contribution is -2.08. The van der Waals surface area contributed by atoms with Crippen molar-refractivity contribution in [2.24, 2.45) is 0 Å². The van der Waals surface area contributed by atoms with E-state index < -0.39 is 33.8 Å². The second-order valence-corrected chi connectivity index (χ2v) is 4.94. The second kappa shape index (κ2) is 5.69. The van der Waals surface area contributed by atoms with Gasteiger partial charge in [-0.1, -0.05) is 30.3 Å². The normalized spacial score (nSPS) is 10.8. The molecule has 0 fully saturated rings. The van der Waals surface area contributed by atoms with Crippen molar-refractivity contribution in [1.82, 2.24) is 0 Å². The second-order valence-electron chi connectivity index (χ2n) is 4.94. The Bertz CT molecular complexity index is 974. The summed E-state index contributed by atoms with van der Waals surface area (Å²) in [5, 5.41) is 29.8. The summed E-state index contributed by atoms with van der Waals surface area (Å²) in [5.74, 6) is -2.59. The lowest BCUT2D eigenvalue weighted by atomic mass is 10.1. The maximum Gasteiger partial charge on any atom is 0.239 e. The van der Waals surface area contributed by atoms with Crippen LogP contribution in [-0.2, 0) is 0 Å². The van der Waals surface area contributed by atoms with E-state index in [9.17, 15) is 20.1 Å². The molecular formula is C17H14O7. The maximum absolute atomic E-state index is 12.7. The Balaban J connectivity index is 2.52. The van der Waals surface area contributed by atoms with E-state index in [1.807, 2.05) is 0 Å². The number of methoxy groups -OCH3 is 2. The van der Waals surface area contributed by atoms with Crippen LogP contribution in [0.15, 0.2) is 39.5 Å². The number of phenolic OH excluding ortho intramolecular Hbond substituents is 3. The van der Waals surface area contributed by atoms with Gasteiger partial charge in [-0.25, -0.2) is 0 Å². The van der Waals surface area contributed by atoms with Gasteiger partial charge in [0.15, 0.2) is 17.1 Å². The first kappa shape index (κ1) is 15.5. The molecule has 0 unspecified atom stereocenters. The average Bonchev–Trinajstić information content (AvgIpc) is 2.60. The lowest BCUT2D eigenvalue weighted by Gasteiger charge is -2.13.